The van der Waals surface area contributed by atoms with Gasteiger partial charge in [-0.25, -0.2) is 9.59 Å². The van der Waals surface area contributed by atoms with Gasteiger partial charge in [-0.05, 0) is 47.7 Å². The summed E-state index contributed by atoms with van der Waals surface area (Å²) in [7, 11) is 1.35. The molecule has 0 radical (unpaired) electrons. The molecule has 2 aromatic carbocycles. The van der Waals surface area contributed by atoms with Gasteiger partial charge in [0.1, 0.15) is 0 Å². The number of carbonyl (C=O) groups is 2. The van der Waals surface area contributed by atoms with Crippen molar-refractivity contribution in [3.05, 3.63) is 75.8 Å². The van der Waals surface area contributed by atoms with E-state index in [2.05, 4.69) is 17.5 Å². The van der Waals surface area contributed by atoms with E-state index in [1.807, 2.05) is 12.1 Å². The number of esters is 1. The van der Waals surface area contributed by atoms with Gasteiger partial charge in [0.15, 0.2) is 0 Å². The molecule has 0 spiro atoms. The zero-order valence-corrected chi connectivity index (χ0v) is 15.4. The average Bonchev–Trinajstić information content (AvgIpc) is 3.17. The van der Waals surface area contributed by atoms with Crippen molar-refractivity contribution in [1.29, 1.82) is 0 Å². The summed E-state index contributed by atoms with van der Waals surface area (Å²) < 4.78 is 4.75. The Kier molecular flexibility index (Phi) is 4.40. The molecule has 0 saturated heterocycles. The molecule has 0 amide bonds. The topological polar surface area (TPSA) is 75.6 Å². The molecule has 0 fully saturated rings. The molecule has 0 unspecified atom stereocenters. The Hall–Kier alpha value is -2.79. The van der Waals surface area contributed by atoms with Crippen LogP contribution in [0, 0.1) is 5.92 Å². The molecule has 0 saturated carbocycles. The molecular weight excluding hydrogens is 366 g/mol. The lowest BCUT2D eigenvalue weighted by Gasteiger charge is -2.38. The number of nitrogens with one attached hydrogen (secondary N) is 1. The number of ether oxygens (including phenoxy) is 1. The largest absolute Gasteiger partial charge is 0.478 e. The SMILES string of the molecule is COC(=O)c1ccc([C@@H]2Nc3c(Cl)ccc(C(=O)O)c3[C@H]3C=CC[C@@H]32)cc1. The number of rotatable bonds is 3. The minimum Gasteiger partial charge on any atom is -0.478 e. The number of methoxy groups -OCH3 is 1. The molecule has 0 bridgehead atoms. The van der Waals surface area contributed by atoms with Crippen LogP contribution in [0.4, 0.5) is 5.69 Å². The van der Waals surface area contributed by atoms with Crippen molar-refractivity contribution in [3.63, 3.8) is 0 Å². The van der Waals surface area contributed by atoms with E-state index in [9.17, 15) is 14.7 Å². The number of fused-ring (bicyclic) bond motifs is 3. The molecule has 4 rings (SSSR count). The molecule has 3 atom stereocenters. The summed E-state index contributed by atoms with van der Waals surface area (Å²) in [5.74, 6) is -1.17. The van der Waals surface area contributed by atoms with Crippen LogP contribution in [-0.2, 0) is 4.74 Å². The maximum atomic E-state index is 11.7. The van der Waals surface area contributed by atoms with Crippen molar-refractivity contribution < 1.29 is 19.4 Å². The van der Waals surface area contributed by atoms with Gasteiger partial charge in [0.05, 0.1) is 35.0 Å². The van der Waals surface area contributed by atoms with Gasteiger partial charge in [0.25, 0.3) is 0 Å². The van der Waals surface area contributed by atoms with Crippen molar-refractivity contribution in [2.24, 2.45) is 5.92 Å². The number of hydrogen-bond donors (Lipinski definition) is 2. The monoisotopic (exact) mass is 383 g/mol. The lowest BCUT2D eigenvalue weighted by molar-refractivity contribution is 0.0599. The molecule has 5 nitrogen and oxygen atoms in total. The molecule has 1 heterocycles. The first-order chi connectivity index (χ1) is 13.0. The van der Waals surface area contributed by atoms with Gasteiger partial charge in [0.2, 0.25) is 0 Å². The van der Waals surface area contributed by atoms with Crippen LogP contribution < -0.4 is 5.32 Å². The summed E-state index contributed by atoms with van der Waals surface area (Å²) in [5, 5.41) is 13.6. The quantitative estimate of drug-likeness (QED) is 0.596. The van der Waals surface area contributed by atoms with Gasteiger partial charge >= 0.3 is 11.9 Å². The number of anilines is 1. The second-order valence-corrected chi connectivity index (χ2v) is 7.19. The first-order valence-corrected chi connectivity index (χ1v) is 9.06. The second kappa shape index (κ2) is 6.74. The third-order valence-corrected chi connectivity index (χ3v) is 5.71. The van der Waals surface area contributed by atoms with E-state index in [1.54, 1.807) is 24.3 Å². The molecule has 2 aliphatic rings. The molecule has 2 N–H and O–H groups in total. The third kappa shape index (κ3) is 2.88. The van der Waals surface area contributed by atoms with Crippen LogP contribution in [0.15, 0.2) is 48.6 Å². The molecule has 27 heavy (non-hydrogen) atoms. The van der Waals surface area contributed by atoms with E-state index in [1.165, 1.54) is 7.11 Å². The average molecular weight is 384 g/mol. The predicted octanol–water partition coefficient (Wildman–Crippen LogP) is 4.65. The minimum absolute atomic E-state index is 0.0173. The van der Waals surface area contributed by atoms with Crippen LogP contribution >= 0.6 is 11.6 Å². The van der Waals surface area contributed by atoms with Gasteiger partial charge in [-0.2, -0.15) is 0 Å². The van der Waals surface area contributed by atoms with E-state index < -0.39 is 5.97 Å². The number of carboxylic acid groups (broad SMARTS) is 1. The first kappa shape index (κ1) is 17.6. The number of carboxylic acids is 1. The van der Waals surface area contributed by atoms with Crippen LogP contribution in [0.25, 0.3) is 0 Å². The summed E-state index contributed by atoms with van der Waals surface area (Å²) in [4.78, 5) is 23.4. The zero-order valence-electron chi connectivity index (χ0n) is 14.6. The molecule has 6 heteroatoms. The Morgan fingerprint density at radius 2 is 1.93 bits per heavy atom. The molecule has 1 aliphatic heterocycles. The predicted molar refractivity (Wildman–Crippen MR) is 103 cm³/mol. The van der Waals surface area contributed by atoms with Crippen LogP contribution in [0.3, 0.4) is 0 Å². The molecular formula is C21H18ClNO4. The van der Waals surface area contributed by atoms with Crippen molar-refractivity contribution in [1.82, 2.24) is 0 Å². The van der Waals surface area contributed by atoms with Crippen LogP contribution in [0.2, 0.25) is 5.02 Å². The van der Waals surface area contributed by atoms with E-state index in [0.29, 0.717) is 16.3 Å². The molecule has 2 aromatic rings. The maximum Gasteiger partial charge on any atom is 0.337 e. The lowest BCUT2D eigenvalue weighted by Crippen LogP contribution is -2.30. The number of carbonyl (C=O) groups excluding carboxylic acids is 1. The van der Waals surface area contributed by atoms with E-state index in [0.717, 1.165) is 17.5 Å². The Labute approximate surface area is 161 Å². The van der Waals surface area contributed by atoms with Crippen molar-refractivity contribution in [3.8, 4) is 0 Å². The summed E-state index contributed by atoms with van der Waals surface area (Å²) in [6, 6.07) is 10.4. The third-order valence-electron chi connectivity index (χ3n) is 5.39. The highest BCUT2D eigenvalue weighted by Crippen LogP contribution is 2.52. The number of benzene rings is 2. The highest BCUT2D eigenvalue weighted by molar-refractivity contribution is 6.33. The molecule has 0 aromatic heterocycles. The van der Waals surface area contributed by atoms with Gasteiger partial charge in [0, 0.05) is 5.92 Å². The minimum atomic E-state index is -0.954. The number of allylic oxidation sites excluding steroid dienone is 2. The number of aromatic carboxylic acids is 1. The summed E-state index contributed by atoms with van der Waals surface area (Å²) in [6.07, 6.45) is 5.00. The van der Waals surface area contributed by atoms with E-state index in [-0.39, 0.29) is 29.4 Å². The van der Waals surface area contributed by atoms with Crippen LogP contribution in [0.1, 0.15) is 50.2 Å². The van der Waals surface area contributed by atoms with Gasteiger partial charge in [-0.3, -0.25) is 0 Å². The number of hydrogen-bond acceptors (Lipinski definition) is 4. The lowest BCUT2D eigenvalue weighted by atomic mass is 9.75. The van der Waals surface area contributed by atoms with Crippen LogP contribution in [0.5, 0.6) is 0 Å². The second-order valence-electron chi connectivity index (χ2n) is 6.78. The fourth-order valence-electron chi connectivity index (χ4n) is 4.14. The van der Waals surface area contributed by atoms with Crippen LogP contribution in [-0.4, -0.2) is 24.2 Å². The van der Waals surface area contributed by atoms with E-state index in [4.69, 9.17) is 16.3 Å². The Morgan fingerprint density at radius 3 is 2.59 bits per heavy atom. The van der Waals surface area contributed by atoms with Crippen molar-refractivity contribution in [2.45, 2.75) is 18.4 Å². The molecule has 1 aliphatic carbocycles. The normalized spacial score (nSPS) is 22.5. The fourth-order valence-corrected chi connectivity index (χ4v) is 4.35. The Morgan fingerprint density at radius 1 is 1.19 bits per heavy atom. The van der Waals surface area contributed by atoms with E-state index >= 15 is 0 Å². The first-order valence-electron chi connectivity index (χ1n) is 8.68. The highest BCUT2D eigenvalue weighted by Gasteiger charge is 2.40. The Balaban J connectivity index is 1.77. The summed E-state index contributed by atoms with van der Waals surface area (Å²) in [6.45, 7) is 0. The van der Waals surface area contributed by atoms with Gasteiger partial charge in [-0.15, -0.1) is 0 Å². The number of halogens is 1. The highest BCUT2D eigenvalue weighted by atomic mass is 35.5. The smallest absolute Gasteiger partial charge is 0.337 e. The summed E-state index contributed by atoms with van der Waals surface area (Å²) >= 11 is 6.41. The van der Waals surface area contributed by atoms with Gasteiger partial charge in [-0.1, -0.05) is 35.9 Å². The fraction of sp³-hybridized carbons (Fsp3) is 0.238. The maximum absolute atomic E-state index is 11.7. The summed E-state index contributed by atoms with van der Waals surface area (Å²) in [5.41, 5.74) is 3.21. The van der Waals surface area contributed by atoms with Crippen molar-refractivity contribution >= 4 is 29.2 Å². The Bertz CT molecular complexity index is 951. The molecule has 138 valence electrons. The van der Waals surface area contributed by atoms with Crippen molar-refractivity contribution in [2.75, 3.05) is 12.4 Å². The zero-order chi connectivity index (χ0) is 19.1. The van der Waals surface area contributed by atoms with Gasteiger partial charge < -0.3 is 15.2 Å². The standard InChI is InChI=1S/C21H18ClNO4/c1-27-21(26)12-7-5-11(6-8-12)18-14-4-2-3-13(14)17-15(20(24)25)9-10-16(22)19(17)23-18/h2-3,5-10,13-14,18,23H,4H2,1H3,(H,24,25)/t13-,14-,18-/m0/s1.